The molecule has 0 spiro atoms. The lowest BCUT2D eigenvalue weighted by Crippen LogP contribution is -2.14. The van der Waals surface area contributed by atoms with Crippen LogP contribution >= 0.6 is 0 Å². The van der Waals surface area contributed by atoms with Crippen LogP contribution in [-0.2, 0) is 10.8 Å². The van der Waals surface area contributed by atoms with E-state index < -0.39 is 0 Å². The van der Waals surface area contributed by atoms with Crippen molar-refractivity contribution in [2.24, 2.45) is 0 Å². The zero-order valence-electron chi connectivity index (χ0n) is 46.0. The highest BCUT2D eigenvalue weighted by Gasteiger charge is 2.22. The zero-order valence-corrected chi connectivity index (χ0v) is 46.0. The number of nitrogens with zero attached hydrogens (tertiary/aromatic N) is 5. The van der Waals surface area contributed by atoms with Crippen molar-refractivity contribution >= 4 is 85.3 Å². The first-order chi connectivity index (χ1) is 38.5. The third-order valence-corrected chi connectivity index (χ3v) is 14.5. The van der Waals surface area contributed by atoms with Gasteiger partial charge in [0.05, 0.1) is 0 Å². The summed E-state index contributed by atoms with van der Waals surface area (Å²) in [6.07, 6.45) is 0. The average molecular weight is 1030 g/mol. The summed E-state index contributed by atoms with van der Waals surface area (Å²) in [5.41, 5.74) is 18.9. The molecule has 5 heteroatoms. The smallest absolute Gasteiger partial charge is 0.0463 e. The molecule has 388 valence electrons. The van der Waals surface area contributed by atoms with E-state index in [0.29, 0.717) is 0 Å². The molecular weight excluding hydrogens is 959 g/mol. The van der Waals surface area contributed by atoms with Gasteiger partial charge in [0.15, 0.2) is 0 Å². The Morgan fingerprint density at radius 2 is 0.266 bits per heavy atom. The molecule has 0 heterocycles. The first-order valence-electron chi connectivity index (χ1n) is 27.3. The quantitative estimate of drug-likeness (QED) is 0.101. The SMILES string of the molecule is CC(C)(C)c1ccc(N(c2ccccc2)c2ccc(N(c3ccccc3)c3ccc(N(c4ccccc4)c4ccc(N(c5ccccc5)c5ccc(N(c6ccccc6)c6ccc(C(C)(C)C)cc6)cc5)cc4)cc3)cc2)cc1. The van der Waals surface area contributed by atoms with Crippen LogP contribution in [0.4, 0.5) is 85.3 Å². The molecule has 0 aliphatic heterocycles. The van der Waals surface area contributed by atoms with Gasteiger partial charge in [-0.3, -0.25) is 0 Å². The van der Waals surface area contributed by atoms with E-state index in [1.54, 1.807) is 0 Å². The van der Waals surface area contributed by atoms with Crippen molar-refractivity contribution in [3.8, 4) is 0 Å². The van der Waals surface area contributed by atoms with Gasteiger partial charge in [0.2, 0.25) is 0 Å². The minimum atomic E-state index is 0.0670. The minimum absolute atomic E-state index is 0.0670. The van der Waals surface area contributed by atoms with Gasteiger partial charge >= 0.3 is 0 Å². The second-order valence-electron chi connectivity index (χ2n) is 22.0. The van der Waals surface area contributed by atoms with Crippen molar-refractivity contribution in [3.05, 3.63) is 308 Å². The Hall–Kier alpha value is -9.58. The molecule has 5 nitrogen and oxygen atoms in total. The lowest BCUT2D eigenvalue weighted by Gasteiger charge is -2.30. The topological polar surface area (TPSA) is 16.2 Å². The van der Waals surface area contributed by atoms with Crippen LogP contribution < -0.4 is 24.5 Å². The molecule has 0 aliphatic carbocycles. The van der Waals surface area contributed by atoms with Crippen LogP contribution in [0, 0.1) is 0 Å². The van der Waals surface area contributed by atoms with Crippen molar-refractivity contribution in [1.82, 2.24) is 0 Å². The molecule has 0 unspecified atom stereocenters. The third kappa shape index (κ3) is 11.4. The molecule has 11 rings (SSSR count). The molecule has 11 aromatic rings. The summed E-state index contributed by atoms with van der Waals surface area (Å²) in [5.74, 6) is 0. The number of hydrogen-bond acceptors (Lipinski definition) is 5. The van der Waals surface area contributed by atoms with Gasteiger partial charge < -0.3 is 24.5 Å². The van der Waals surface area contributed by atoms with E-state index in [1.165, 1.54) is 11.1 Å². The van der Waals surface area contributed by atoms with Gasteiger partial charge in [-0.2, -0.15) is 0 Å². The molecule has 0 aliphatic rings. The lowest BCUT2D eigenvalue weighted by molar-refractivity contribution is 0.590. The second kappa shape index (κ2) is 22.6. The van der Waals surface area contributed by atoms with Crippen molar-refractivity contribution in [2.45, 2.75) is 52.4 Å². The maximum atomic E-state index is 2.33. The van der Waals surface area contributed by atoms with E-state index in [1.807, 2.05) is 0 Å². The van der Waals surface area contributed by atoms with Crippen LogP contribution in [0.5, 0.6) is 0 Å². The Balaban J connectivity index is 0.906. The van der Waals surface area contributed by atoms with E-state index in [2.05, 4.69) is 363 Å². The highest BCUT2D eigenvalue weighted by Crippen LogP contribution is 2.44. The Labute approximate surface area is 468 Å². The summed E-state index contributed by atoms with van der Waals surface area (Å²) in [5, 5.41) is 0. The van der Waals surface area contributed by atoms with E-state index in [4.69, 9.17) is 0 Å². The normalized spacial score (nSPS) is 11.4. The van der Waals surface area contributed by atoms with Crippen LogP contribution in [0.2, 0.25) is 0 Å². The molecule has 11 aromatic carbocycles. The first-order valence-corrected chi connectivity index (χ1v) is 27.3. The summed E-state index contributed by atoms with van der Waals surface area (Å²) in [6, 6.07) is 107. The van der Waals surface area contributed by atoms with Gasteiger partial charge in [-0.1, -0.05) is 157 Å². The van der Waals surface area contributed by atoms with Crippen LogP contribution in [0.1, 0.15) is 52.7 Å². The van der Waals surface area contributed by atoms with E-state index >= 15 is 0 Å². The maximum Gasteiger partial charge on any atom is 0.0463 e. The monoisotopic (exact) mass is 1030 g/mol. The molecule has 0 aromatic heterocycles. The summed E-state index contributed by atoms with van der Waals surface area (Å²) < 4.78 is 0. The first kappa shape index (κ1) is 51.5. The molecule has 0 atom stereocenters. The van der Waals surface area contributed by atoms with Crippen LogP contribution in [0.15, 0.2) is 297 Å². The highest BCUT2D eigenvalue weighted by atomic mass is 15.2. The van der Waals surface area contributed by atoms with Gasteiger partial charge in [0, 0.05) is 85.3 Å². The molecule has 0 bridgehead atoms. The van der Waals surface area contributed by atoms with Crippen molar-refractivity contribution in [2.75, 3.05) is 24.5 Å². The fraction of sp³-hybridized carbons (Fsp3) is 0.108. The minimum Gasteiger partial charge on any atom is -0.311 e. The average Bonchev–Trinajstić information content (AvgIpc) is 3.49. The van der Waals surface area contributed by atoms with Gasteiger partial charge in [-0.15, -0.1) is 0 Å². The zero-order chi connectivity index (χ0) is 54.3. The van der Waals surface area contributed by atoms with Crippen LogP contribution in [0.3, 0.4) is 0 Å². The second-order valence-corrected chi connectivity index (χ2v) is 22.0. The fourth-order valence-electron chi connectivity index (χ4n) is 10.3. The van der Waals surface area contributed by atoms with Gasteiger partial charge in [-0.05, 0) is 204 Å². The lowest BCUT2D eigenvalue weighted by atomic mass is 9.87. The molecule has 0 N–H and O–H groups in total. The molecule has 0 amide bonds. The number of hydrogen-bond donors (Lipinski definition) is 0. The number of anilines is 15. The van der Waals surface area contributed by atoms with Crippen LogP contribution in [0.25, 0.3) is 0 Å². The van der Waals surface area contributed by atoms with Gasteiger partial charge in [-0.25, -0.2) is 0 Å². The van der Waals surface area contributed by atoms with Gasteiger partial charge in [0.1, 0.15) is 0 Å². The fourth-order valence-corrected chi connectivity index (χ4v) is 10.3. The molecule has 0 radical (unpaired) electrons. The van der Waals surface area contributed by atoms with Crippen molar-refractivity contribution in [3.63, 3.8) is 0 Å². The molecule has 0 saturated heterocycles. The van der Waals surface area contributed by atoms with E-state index in [-0.39, 0.29) is 10.8 Å². The molecule has 0 saturated carbocycles. The molecule has 0 fully saturated rings. The highest BCUT2D eigenvalue weighted by molar-refractivity contribution is 5.86. The standard InChI is InChI=1S/C74H67N5/c1-73(2,3)56-32-36-63(37-33-56)75(58-22-12-7-13-23-58)65-40-44-67(45-41-65)77(60-26-16-9-17-27-60)69-48-52-71(53-49-69)79(62-30-20-11-21-31-62)72-54-50-70(51-55-72)78(61-28-18-10-19-29-61)68-46-42-66(43-47-68)76(59-24-14-8-15-25-59)64-38-34-57(35-39-64)74(4,5)6/h7-55H,1-6H3. The maximum absolute atomic E-state index is 2.33. The van der Waals surface area contributed by atoms with Gasteiger partial charge in [0.25, 0.3) is 0 Å². The number of rotatable bonds is 15. The number of para-hydroxylation sites is 5. The van der Waals surface area contributed by atoms with E-state index in [0.717, 1.165) is 85.3 Å². The summed E-state index contributed by atoms with van der Waals surface area (Å²) in [6.45, 7) is 13.6. The number of benzene rings is 11. The summed E-state index contributed by atoms with van der Waals surface area (Å²) in [7, 11) is 0. The molecule has 79 heavy (non-hydrogen) atoms. The summed E-state index contributed by atoms with van der Waals surface area (Å²) >= 11 is 0. The van der Waals surface area contributed by atoms with Crippen molar-refractivity contribution in [1.29, 1.82) is 0 Å². The Morgan fingerprint density at radius 1 is 0.152 bits per heavy atom. The third-order valence-electron chi connectivity index (χ3n) is 14.5. The predicted octanol–water partition coefficient (Wildman–Crippen LogP) is 21.6. The van der Waals surface area contributed by atoms with E-state index in [9.17, 15) is 0 Å². The Morgan fingerprint density at radius 3 is 0.392 bits per heavy atom. The Kier molecular flexibility index (Phi) is 14.7. The van der Waals surface area contributed by atoms with Crippen LogP contribution in [-0.4, -0.2) is 0 Å². The largest absolute Gasteiger partial charge is 0.311 e. The van der Waals surface area contributed by atoms with Crippen molar-refractivity contribution < 1.29 is 0 Å². The Bertz CT molecular complexity index is 3440. The molecular formula is C74H67N5. The summed E-state index contributed by atoms with van der Waals surface area (Å²) in [4.78, 5) is 11.6. The predicted molar refractivity (Wildman–Crippen MR) is 337 cm³/mol.